The second-order valence-electron chi connectivity index (χ2n) is 5.23. The molecule has 6 heteroatoms. The normalized spacial score (nSPS) is 15.6. The van der Waals surface area contributed by atoms with E-state index in [2.05, 4.69) is 22.1 Å². The van der Waals surface area contributed by atoms with Crippen LogP contribution in [0.3, 0.4) is 0 Å². The number of nitrogens with zero attached hydrogens (tertiary/aromatic N) is 1. The second kappa shape index (κ2) is 9.00. The Labute approximate surface area is 135 Å². The average Bonchev–Trinajstić information content (AvgIpc) is 2.92. The second-order valence-corrected chi connectivity index (χ2v) is 6.67. The van der Waals surface area contributed by atoms with Gasteiger partial charge in [0.1, 0.15) is 0 Å². The van der Waals surface area contributed by atoms with Gasteiger partial charge in [-0.05, 0) is 42.9 Å². The van der Waals surface area contributed by atoms with Crippen molar-refractivity contribution in [2.45, 2.75) is 38.6 Å². The van der Waals surface area contributed by atoms with Crippen LogP contribution in [0.5, 0.6) is 0 Å². The van der Waals surface area contributed by atoms with Crippen LogP contribution in [0.15, 0.2) is 17.5 Å². The Morgan fingerprint density at radius 3 is 3.05 bits per heavy atom. The molecule has 0 aliphatic carbocycles. The molecule has 0 atom stereocenters. The minimum absolute atomic E-state index is 0.311. The Balaban J connectivity index is 1.56. The fourth-order valence-corrected chi connectivity index (χ4v) is 3.21. The number of hydrogen-bond donors (Lipinski definition) is 2. The van der Waals surface area contributed by atoms with Gasteiger partial charge in [0.15, 0.2) is 5.11 Å². The zero-order valence-electron chi connectivity index (χ0n) is 12.3. The molecule has 21 heavy (non-hydrogen) atoms. The summed E-state index contributed by atoms with van der Waals surface area (Å²) in [6, 6.07) is 4.13. The Bertz CT molecular complexity index is 448. The minimum atomic E-state index is 0.311. The number of carbonyl (C=O) groups is 1. The van der Waals surface area contributed by atoms with E-state index in [4.69, 9.17) is 12.2 Å². The number of hydrogen-bond acceptors (Lipinski definition) is 3. The van der Waals surface area contributed by atoms with E-state index in [9.17, 15) is 4.79 Å². The van der Waals surface area contributed by atoms with E-state index in [1.165, 1.54) is 11.3 Å². The lowest BCUT2D eigenvalue weighted by molar-refractivity contribution is -0.130. The monoisotopic (exact) mass is 325 g/mol. The Morgan fingerprint density at radius 2 is 2.24 bits per heavy atom. The van der Waals surface area contributed by atoms with E-state index in [0.717, 1.165) is 45.4 Å². The minimum Gasteiger partial charge on any atom is -0.363 e. The maximum atomic E-state index is 11.8. The molecule has 0 aromatic carbocycles. The number of thiocarbonyl (C=S) groups is 1. The predicted octanol–water partition coefficient (Wildman–Crippen LogP) is 2.50. The lowest BCUT2D eigenvalue weighted by Crippen LogP contribution is -2.37. The first-order valence-corrected chi connectivity index (χ1v) is 8.86. The Morgan fingerprint density at radius 1 is 1.33 bits per heavy atom. The summed E-state index contributed by atoms with van der Waals surface area (Å²) in [6.07, 6.45) is 5.02. The van der Waals surface area contributed by atoms with Crippen LogP contribution >= 0.6 is 23.6 Å². The van der Waals surface area contributed by atoms with Crippen molar-refractivity contribution in [2.24, 2.45) is 0 Å². The Hall–Kier alpha value is -1.14. The molecule has 2 N–H and O–H groups in total. The van der Waals surface area contributed by atoms with Crippen molar-refractivity contribution in [1.82, 2.24) is 15.5 Å². The summed E-state index contributed by atoms with van der Waals surface area (Å²) in [4.78, 5) is 15.1. The highest BCUT2D eigenvalue weighted by Crippen LogP contribution is 2.11. The fourth-order valence-electron chi connectivity index (χ4n) is 2.39. The molecular formula is C15H23N3OS2. The van der Waals surface area contributed by atoms with Gasteiger partial charge in [-0.1, -0.05) is 12.5 Å². The summed E-state index contributed by atoms with van der Waals surface area (Å²) >= 11 is 6.96. The summed E-state index contributed by atoms with van der Waals surface area (Å²) in [7, 11) is 0. The van der Waals surface area contributed by atoms with Crippen molar-refractivity contribution < 1.29 is 4.79 Å². The van der Waals surface area contributed by atoms with Crippen molar-refractivity contribution in [1.29, 1.82) is 0 Å². The SMILES string of the molecule is O=C1CCCCCN1CCCNC(=S)NCc1cccs1. The van der Waals surface area contributed by atoms with Crippen LogP contribution in [0.1, 0.15) is 37.0 Å². The molecule has 0 saturated carbocycles. The number of likely N-dealkylation sites (tertiary alicyclic amines) is 1. The van der Waals surface area contributed by atoms with Crippen molar-refractivity contribution in [3.8, 4) is 0 Å². The van der Waals surface area contributed by atoms with Crippen molar-refractivity contribution in [2.75, 3.05) is 19.6 Å². The topological polar surface area (TPSA) is 44.4 Å². The smallest absolute Gasteiger partial charge is 0.222 e. The van der Waals surface area contributed by atoms with E-state index in [0.29, 0.717) is 17.4 Å². The van der Waals surface area contributed by atoms with Gasteiger partial charge in [0.05, 0.1) is 6.54 Å². The summed E-state index contributed by atoms with van der Waals surface area (Å²) < 4.78 is 0. The zero-order valence-corrected chi connectivity index (χ0v) is 13.9. The van der Waals surface area contributed by atoms with E-state index < -0.39 is 0 Å². The van der Waals surface area contributed by atoms with Gasteiger partial charge in [0.2, 0.25) is 5.91 Å². The maximum Gasteiger partial charge on any atom is 0.222 e. The number of nitrogens with one attached hydrogen (secondary N) is 2. The highest BCUT2D eigenvalue weighted by Gasteiger charge is 2.15. The van der Waals surface area contributed by atoms with Gasteiger partial charge in [-0.2, -0.15) is 0 Å². The van der Waals surface area contributed by atoms with Gasteiger partial charge in [0, 0.05) is 30.9 Å². The maximum absolute atomic E-state index is 11.8. The molecule has 116 valence electrons. The molecule has 0 radical (unpaired) electrons. The molecule has 1 aliphatic heterocycles. The quantitative estimate of drug-likeness (QED) is 0.623. The zero-order chi connectivity index (χ0) is 14.9. The first-order valence-electron chi connectivity index (χ1n) is 7.57. The molecule has 0 unspecified atom stereocenters. The molecule has 1 aliphatic rings. The van der Waals surface area contributed by atoms with E-state index in [1.54, 1.807) is 11.3 Å². The van der Waals surface area contributed by atoms with Crippen molar-refractivity contribution >= 4 is 34.6 Å². The number of carbonyl (C=O) groups excluding carboxylic acids is 1. The highest BCUT2D eigenvalue weighted by atomic mass is 32.1. The lowest BCUT2D eigenvalue weighted by atomic mass is 10.2. The molecule has 0 spiro atoms. The van der Waals surface area contributed by atoms with Crippen LogP contribution in [0.2, 0.25) is 0 Å². The average molecular weight is 326 g/mol. The standard InChI is InChI=1S/C15H23N3OS2/c19-14-7-2-1-3-9-18(14)10-5-8-16-15(20)17-12-13-6-4-11-21-13/h4,6,11H,1-3,5,7-10,12H2,(H2,16,17,20). The van der Waals surface area contributed by atoms with Crippen LogP contribution in [0.25, 0.3) is 0 Å². The molecular weight excluding hydrogens is 302 g/mol. The first kappa shape index (κ1) is 16.2. The van der Waals surface area contributed by atoms with Crippen LogP contribution < -0.4 is 10.6 Å². The third-order valence-electron chi connectivity index (χ3n) is 3.57. The van der Waals surface area contributed by atoms with Gasteiger partial charge in [-0.25, -0.2) is 0 Å². The summed E-state index contributed by atoms with van der Waals surface area (Å²) in [5.41, 5.74) is 0. The lowest BCUT2D eigenvalue weighted by Gasteiger charge is -2.20. The summed E-state index contributed by atoms with van der Waals surface area (Å²) in [5.74, 6) is 0.311. The molecule has 1 aromatic heterocycles. The van der Waals surface area contributed by atoms with E-state index in [1.807, 2.05) is 11.0 Å². The molecule has 1 fully saturated rings. The van der Waals surface area contributed by atoms with Gasteiger partial charge in [-0.15, -0.1) is 11.3 Å². The molecule has 0 bridgehead atoms. The van der Waals surface area contributed by atoms with Crippen LogP contribution in [-0.2, 0) is 11.3 Å². The van der Waals surface area contributed by atoms with Gasteiger partial charge >= 0.3 is 0 Å². The first-order chi connectivity index (χ1) is 10.3. The van der Waals surface area contributed by atoms with Crippen molar-refractivity contribution in [3.63, 3.8) is 0 Å². The number of rotatable bonds is 6. The summed E-state index contributed by atoms with van der Waals surface area (Å²) in [6.45, 7) is 3.33. The van der Waals surface area contributed by atoms with Crippen LogP contribution in [-0.4, -0.2) is 35.6 Å². The van der Waals surface area contributed by atoms with Gasteiger partial charge < -0.3 is 15.5 Å². The molecule has 1 aromatic rings. The molecule has 2 heterocycles. The summed E-state index contributed by atoms with van der Waals surface area (Å²) in [5, 5.41) is 9.14. The van der Waals surface area contributed by atoms with Gasteiger partial charge in [-0.3, -0.25) is 4.79 Å². The van der Waals surface area contributed by atoms with E-state index >= 15 is 0 Å². The third-order valence-corrected chi connectivity index (χ3v) is 4.73. The largest absolute Gasteiger partial charge is 0.363 e. The molecule has 1 saturated heterocycles. The molecule has 2 rings (SSSR count). The van der Waals surface area contributed by atoms with Crippen molar-refractivity contribution in [3.05, 3.63) is 22.4 Å². The Kier molecular flexibility index (Phi) is 6.95. The third kappa shape index (κ3) is 6.01. The fraction of sp³-hybridized carbons (Fsp3) is 0.600. The highest BCUT2D eigenvalue weighted by molar-refractivity contribution is 7.80. The molecule has 4 nitrogen and oxygen atoms in total. The number of amides is 1. The van der Waals surface area contributed by atoms with Crippen LogP contribution in [0, 0.1) is 0 Å². The molecule has 1 amide bonds. The van der Waals surface area contributed by atoms with E-state index in [-0.39, 0.29) is 0 Å². The number of thiophene rings is 1. The van der Waals surface area contributed by atoms with Gasteiger partial charge in [0.25, 0.3) is 0 Å². The van der Waals surface area contributed by atoms with Crippen LogP contribution in [0.4, 0.5) is 0 Å². The predicted molar refractivity (Wildman–Crippen MR) is 91.4 cm³/mol.